The van der Waals surface area contributed by atoms with Gasteiger partial charge in [0.2, 0.25) is 0 Å². The summed E-state index contributed by atoms with van der Waals surface area (Å²) < 4.78 is 0. The second kappa shape index (κ2) is 8.74. The number of aryl methyl sites for hydroxylation is 2. The molecule has 0 spiro atoms. The Hall–Kier alpha value is -1.40. The van der Waals surface area contributed by atoms with Gasteiger partial charge in [0, 0.05) is 42.6 Å². The van der Waals surface area contributed by atoms with Crippen molar-refractivity contribution >= 4 is 41.6 Å². The summed E-state index contributed by atoms with van der Waals surface area (Å²) in [5, 5.41) is 17.0. The van der Waals surface area contributed by atoms with E-state index in [2.05, 4.69) is 23.6 Å². The number of fused-ring (bicyclic) bond motifs is 1. The van der Waals surface area contributed by atoms with Gasteiger partial charge in [-0.15, -0.1) is 24.8 Å². The highest BCUT2D eigenvalue weighted by Crippen LogP contribution is 2.40. The summed E-state index contributed by atoms with van der Waals surface area (Å²) in [7, 11) is 0. The molecule has 1 aromatic carbocycles. The molecule has 2 heterocycles. The Morgan fingerprint density at radius 2 is 1.96 bits per heavy atom. The van der Waals surface area contributed by atoms with Gasteiger partial charge in [0.15, 0.2) is 0 Å². The third-order valence-electron chi connectivity index (χ3n) is 5.34. The lowest BCUT2D eigenvalue weighted by Crippen LogP contribution is -2.34. The average Bonchev–Trinajstić information content (AvgIpc) is 3.34. The first kappa shape index (κ1) is 21.9. The number of amides is 1. The van der Waals surface area contributed by atoms with E-state index in [1.165, 1.54) is 0 Å². The predicted octanol–water partition coefficient (Wildman–Crippen LogP) is 2.88. The second-order valence-corrected chi connectivity index (χ2v) is 7.54. The Labute approximate surface area is 172 Å². The highest BCUT2D eigenvalue weighted by atomic mass is 35.5. The van der Waals surface area contributed by atoms with Crippen molar-refractivity contribution in [1.29, 1.82) is 0 Å². The van der Waals surface area contributed by atoms with Gasteiger partial charge in [-0.3, -0.25) is 9.78 Å². The Morgan fingerprint density at radius 1 is 1.22 bits per heavy atom. The van der Waals surface area contributed by atoms with Gasteiger partial charge in [-0.05, 0) is 44.4 Å². The number of carbonyl (C=O) groups is 1. The number of aliphatic hydroxyl groups is 1. The van der Waals surface area contributed by atoms with Crippen molar-refractivity contribution in [3.63, 3.8) is 0 Å². The van der Waals surface area contributed by atoms with Crippen molar-refractivity contribution in [1.82, 2.24) is 15.6 Å². The first-order chi connectivity index (χ1) is 12.0. The number of carbonyl (C=O) groups excluding carboxylic acids is 1. The summed E-state index contributed by atoms with van der Waals surface area (Å²) in [6.07, 6.45) is 1.93. The number of nitrogens with one attached hydrogen (secondary N) is 2. The van der Waals surface area contributed by atoms with Gasteiger partial charge in [-0.25, -0.2) is 0 Å². The summed E-state index contributed by atoms with van der Waals surface area (Å²) in [5.41, 5.74) is 4.92. The molecule has 7 heteroatoms. The van der Waals surface area contributed by atoms with E-state index in [-0.39, 0.29) is 42.7 Å². The van der Waals surface area contributed by atoms with Crippen LogP contribution in [-0.2, 0) is 0 Å². The van der Waals surface area contributed by atoms with E-state index in [1.54, 1.807) is 0 Å². The molecule has 27 heavy (non-hydrogen) atoms. The van der Waals surface area contributed by atoms with Gasteiger partial charge in [-0.1, -0.05) is 11.6 Å². The van der Waals surface area contributed by atoms with Crippen molar-refractivity contribution in [3.8, 4) is 0 Å². The number of benzene rings is 1. The number of rotatable bonds is 4. The Bertz CT molecular complexity index is 840. The molecule has 148 valence electrons. The topological polar surface area (TPSA) is 74.2 Å². The lowest BCUT2D eigenvalue weighted by molar-refractivity contribution is 0.0928. The van der Waals surface area contributed by atoms with Gasteiger partial charge >= 0.3 is 0 Å². The van der Waals surface area contributed by atoms with Gasteiger partial charge in [0.25, 0.3) is 5.91 Å². The van der Waals surface area contributed by atoms with Crippen LogP contribution < -0.4 is 10.6 Å². The molecule has 1 saturated carbocycles. The maximum Gasteiger partial charge on any atom is 0.252 e. The first-order valence-corrected chi connectivity index (χ1v) is 9.12. The smallest absolute Gasteiger partial charge is 0.252 e. The van der Waals surface area contributed by atoms with E-state index in [0.717, 1.165) is 47.1 Å². The molecule has 2 unspecified atom stereocenters. The number of β-amino-alcohol motifs (C(OH)–C–C–N with tert-alkyl or cyclic N) is 1. The number of hydrogen-bond acceptors (Lipinski definition) is 4. The molecule has 2 fully saturated rings. The van der Waals surface area contributed by atoms with E-state index >= 15 is 0 Å². The van der Waals surface area contributed by atoms with Crippen LogP contribution in [0.5, 0.6) is 0 Å². The normalized spacial score (nSPS) is 21.4. The maximum absolute atomic E-state index is 12.9. The molecule has 1 aliphatic heterocycles. The first-order valence-electron chi connectivity index (χ1n) is 9.12. The monoisotopic (exact) mass is 411 g/mol. The predicted molar refractivity (Wildman–Crippen MR) is 112 cm³/mol. The third kappa shape index (κ3) is 4.54. The van der Waals surface area contributed by atoms with Crippen LogP contribution in [0.3, 0.4) is 0 Å². The Balaban J connectivity index is 0.00000131. The van der Waals surface area contributed by atoms with Gasteiger partial charge in [0.1, 0.15) is 0 Å². The van der Waals surface area contributed by atoms with Gasteiger partial charge < -0.3 is 15.7 Å². The van der Waals surface area contributed by atoms with Gasteiger partial charge in [0.05, 0.1) is 17.2 Å². The molecule has 1 amide bonds. The van der Waals surface area contributed by atoms with Crippen LogP contribution in [-0.4, -0.2) is 41.7 Å². The molecule has 2 atom stereocenters. The van der Waals surface area contributed by atoms with Crippen LogP contribution in [0.4, 0.5) is 0 Å². The summed E-state index contributed by atoms with van der Waals surface area (Å²) in [4.78, 5) is 17.7. The molecule has 1 saturated heterocycles. The molecule has 2 aromatic rings. The van der Waals surface area contributed by atoms with E-state index in [0.29, 0.717) is 24.6 Å². The number of hydrogen-bond donors (Lipinski definition) is 3. The molecule has 1 aromatic heterocycles. The largest absolute Gasteiger partial charge is 0.391 e. The fourth-order valence-electron chi connectivity index (χ4n) is 3.72. The zero-order valence-corrected chi connectivity index (χ0v) is 17.3. The Morgan fingerprint density at radius 3 is 2.59 bits per heavy atom. The van der Waals surface area contributed by atoms with E-state index in [9.17, 15) is 9.90 Å². The van der Waals surface area contributed by atoms with Crippen LogP contribution in [0.1, 0.15) is 45.9 Å². The summed E-state index contributed by atoms with van der Waals surface area (Å²) in [6.45, 7) is 5.93. The number of halogens is 2. The van der Waals surface area contributed by atoms with Gasteiger partial charge in [-0.2, -0.15) is 0 Å². The number of pyridine rings is 1. The highest BCUT2D eigenvalue weighted by molar-refractivity contribution is 6.07. The highest BCUT2D eigenvalue weighted by Gasteiger charge is 2.28. The fraction of sp³-hybridized carbons (Fsp3) is 0.500. The molecule has 2 aliphatic rings. The lowest BCUT2D eigenvalue weighted by atomic mass is 10.00. The summed E-state index contributed by atoms with van der Waals surface area (Å²) >= 11 is 0. The van der Waals surface area contributed by atoms with Crippen molar-refractivity contribution < 1.29 is 9.90 Å². The molecule has 4 rings (SSSR count). The minimum absolute atomic E-state index is 0. The minimum Gasteiger partial charge on any atom is -0.391 e. The quantitative estimate of drug-likeness (QED) is 0.722. The van der Waals surface area contributed by atoms with E-state index < -0.39 is 0 Å². The third-order valence-corrected chi connectivity index (χ3v) is 5.34. The number of nitrogens with zero attached hydrogens (tertiary/aromatic N) is 1. The average molecular weight is 412 g/mol. The van der Waals surface area contributed by atoms with E-state index in [4.69, 9.17) is 4.98 Å². The van der Waals surface area contributed by atoms with Crippen LogP contribution in [0.15, 0.2) is 18.2 Å². The Kier molecular flexibility index (Phi) is 7.09. The number of aromatic nitrogens is 1. The molecule has 1 aliphatic carbocycles. The number of aliphatic hydroxyl groups excluding tert-OH is 1. The zero-order valence-electron chi connectivity index (χ0n) is 15.6. The SMILES string of the molecule is Cc1cc(C)c2nc(C3CC3)cc(C(=O)NCC3CNCC3O)c2c1.Cl.Cl. The molecule has 5 nitrogen and oxygen atoms in total. The van der Waals surface area contributed by atoms with Crippen LogP contribution in [0.25, 0.3) is 10.9 Å². The molecular formula is C20H27Cl2N3O2. The minimum atomic E-state index is -0.388. The van der Waals surface area contributed by atoms with Crippen LogP contribution >= 0.6 is 24.8 Å². The molecular weight excluding hydrogens is 385 g/mol. The maximum atomic E-state index is 12.9. The van der Waals surface area contributed by atoms with Crippen LogP contribution in [0, 0.1) is 19.8 Å². The van der Waals surface area contributed by atoms with Crippen molar-refractivity contribution in [2.75, 3.05) is 19.6 Å². The second-order valence-electron chi connectivity index (χ2n) is 7.54. The molecule has 3 N–H and O–H groups in total. The summed E-state index contributed by atoms with van der Waals surface area (Å²) in [5.74, 6) is 0.499. The summed E-state index contributed by atoms with van der Waals surface area (Å²) in [6, 6.07) is 6.14. The van der Waals surface area contributed by atoms with Crippen molar-refractivity contribution in [3.05, 3.63) is 40.6 Å². The van der Waals surface area contributed by atoms with E-state index in [1.807, 2.05) is 19.1 Å². The van der Waals surface area contributed by atoms with Crippen molar-refractivity contribution in [2.24, 2.45) is 5.92 Å². The molecule has 0 bridgehead atoms. The van der Waals surface area contributed by atoms with Crippen molar-refractivity contribution in [2.45, 2.75) is 38.7 Å². The standard InChI is InChI=1S/C20H25N3O2.2ClH/c1-11-5-12(2)19-15(6-11)16(7-17(23-19)13-3-4-13)20(25)22-9-14-8-21-10-18(14)24;;/h5-7,13-14,18,21,24H,3-4,8-10H2,1-2H3,(H,22,25);2*1H. The molecule has 0 radical (unpaired) electrons. The van der Waals surface area contributed by atoms with Crippen LogP contribution in [0.2, 0.25) is 0 Å². The zero-order chi connectivity index (χ0) is 17.6. The fourth-order valence-corrected chi connectivity index (χ4v) is 3.72. The lowest BCUT2D eigenvalue weighted by Gasteiger charge is -2.16.